The van der Waals surface area contributed by atoms with Crippen LogP contribution in [0.2, 0.25) is 0 Å². The maximum absolute atomic E-state index is 12.2. The highest BCUT2D eigenvalue weighted by Crippen LogP contribution is 2.22. The van der Waals surface area contributed by atoms with Gasteiger partial charge in [-0.25, -0.2) is 0 Å². The van der Waals surface area contributed by atoms with E-state index < -0.39 is 4.92 Å². The Balaban J connectivity index is 2.16. The molecule has 2 aromatic rings. The fourth-order valence-corrected chi connectivity index (χ4v) is 2.38. The Hall–Kier alpha value is -2.70. The summed E-state index contributed by atoms with van der Waals surface area (Å²) in [7, 11) is 0. The second kappa shape index (κ2) is 6.38. The zero-order valence-electron chi connectivity index (χ0n) is 12.8. The van der Waals surface area contributed by atoms with Crippen LogP contribution in [0, 0.1) is 24.0 Å². The van der Waals surface area contributed by atoms with Crippen LogP contribution in [0.5, 0.6) is 0 Å². The molecule has 0 fully saturated rings. The number of hydrogen-bond donors (Lipinski definition) is 1. The fourth-order valence-electron chi connectivity index (χ4n) is 2.38. The fraction of sp³-hybridized carbons (Fsp3) is 0.333. The minimum atomic E-state index is -0.474. The first-order valence-corrected chi connectivity index (χ1v) is 7.00. The third-order valence-electron chi connectivity index (χ3n) is 3.49. The van der Waals surface area contributed by atoms with Gasteiger partial charge in [-0.2, -0.15) is 5.10 Å². The Bertz CT molecular complexity index is 722. The second-order valence-corrected chi connectivity index (χ2v) is 4.99. The number of aryl methyl sites for hydroxylation is 2. The predicted octanol–water partition coefficient (Wildman–Crippen LogP) is 2.61. The molecule has 1 amide bonds. The highest BCUT2D eigenvalue weighted by atomic mass is 16.6. The van der Waals surface area contributed by atoms with Crippen LogP contribution in [0.3, 0.4) is 0 Å². The Labute approximate surface area is 128 Å². The smallest absolute Gasteiger partial charge is 0.312 e. The normalized spacial score (nSPS) is 10.5. The van der Waals surface area contributed by atoms with Gasteiger partial charge >= 0.3 is 5.69 Å². The van der Waals surface area contributed by atoms with Gasteiger partial charge in [-0.15, -0.1) is 0 Å². The molecule has 7 nitrogen and oxygen atoms in total. The van der Waals surface area contributed by atoms with Gasteiger partial charge in [0.05, 0.1) is 4.92 Å². The van der Waals surface area contributed by atoms with Crippen molar-refractivity contribution in [2.45, 2.75) is 33.7 Å². The van der Waals surface area contributed by atoms with Gasteiger partial charge in [0.15, 0.2) is 0 Å². The Morgan fingerprint density at radius 3 is 2.64 bits per heavy atom. The lowest BCUT2D eigenvalue weighted by Crippen LogP contribution is -2.21. The summed E-state index contributed by atoms with van der Waals surface area (Å²) in [5.41, 5.74) is 2.44. The monoisotopic (exact) mass is 302 g/mol. The number of para-hydroxylation sites is 1. The number of carbonyl (C=O) groups is 1. The summed E-state index contributed by atoms with van der Waals surface area (Å²) in [5.74, 6) is -0.263. The average molecular weight is 302 g/mol. The molecule has 1 heterocycles. The van der Waals surface area contributed by atoms with E-state index in [2.05, 4.69) is 10.4 Å². The quantitative estimate of drug-likeness (QED) is 0.679. The molecule has 0 aliphatic heterocycles. The number of aromatic nitrogens is 2. The van der Waals surface area contributed by atoms with E-state index in [9.17, 15) is 14.9 Å². The lowest BCUT2D eigenvalue weighted by atomic mass is 10.1. The zero-order valence-corrected chi connectivity index (χ0v) is 12.8. The number of anilines is 1. The average Bonchev–Trinajstić information content (AvgIpc) is 2.73. The minimum Gasteiger partial charge on any atom is -0.324 e. The first kappa shape index (κ1) is 15.7. The maximum Gasteiger partial charge on any atom is 0.312 e. The van der Waals surface area contributed by atoms with Crippen molar-refractivity contribution in [1.29, 1.82) is 0 Å². The summed E-state index contributed by atoms with van der Waals surface area (Å²) in [4.78, 5) is 22.6. The molecule has 0 saturated heterocycles. The van der Waals surface area contributed by atoms with Crippen LogP contribution in [0.1, 0.15) is 23.9 Å². The van der Waals surface area contributed by atoms with E-state index in [0.29, 0.717) is 11.4 Å². The number of nitrogens with one attached hydrogen (secondary N) is 1. The number of amides is 1. The summed E-state index contributed by atoms with van der Waals surface area (Å²) in [6.45, 7) is 5.10. The molecule has 0 spiro atoms. The number of hydrogen-bond acceptors (Lipinski definition) is 4. The summed E-state index contributed by atoms with van der Waals surface area (Å²) >= 11 is 0. The highest BCUT2D eigenvalue weighted by molar-refractivity contribution is 5.91. The van der Waals surface area contributed by atoms with Crippen LogP contribution in [0.4, 0.5) is 11.4 Å². The van der Waals surface area contributed by atoms with Gasteiger partial charge in [-0.1, -0.05) is 25.1 Å². The molecule has 0 radical (unpaired) electrons. The number of benzene rings is 1. The van der Waals surface area contributed by atoms with Crippen LogP contribution in [-0.4, -0.2) is 20.6 Å². The van der Waals surface area contributed by atoms with Crippen LogP contribution in [0.25, 0.3) is 0 Å². The first-order chi connectivity index (χ1) is 10.4. The standard InChI is InChI=1S/C15H18N4O3/c1-4-12-7-5-6-8-13(12)16-14(20)9-18-11(3)15(19(21)22)10(2)17-18/h5-8H,4,9H2,1-3H3,(H,16,20). The van der Waals surface area contributed by atoms with Crippen molar-refractivity contribution in [1.82, 2.24) is 9.78 Å². The number of carbonyl (C=O) groups excluding carboxylic acids is 1. The van der Waals surface area contributed by atoms with E-state index >= 15 is 0 Å². The lowest BCUT2D eigenvalue weighted by Gasteiger charge is -2.10. The maximum atomic E-state index is 12.2. The molecule has 0 saturated carbocycles. The van der Waals surface area contributed by atoms with Gasteiger partial charge < -0.3 is 5.32 Å². The third kappa shape index (κ3) is 3.13. The first-order valence-electron chi connectivity index (χ1n) is 7.00. The number of nitro groups is 1. The van der Waals surface area contributed by atoms with E-state index in [-0.39, 0.29) is 18.1 Å². The number of nitrogens with zero attached hydrogens (tertiary/aromatic N) is 3. The molecular weight excluding hydrogens is 284 g/mol. The van der Waals surface area contributed by atoms with Gasteiger partial charge in [0, 0.05) is 5.69 Å². The van der Waals surface area contributed by atoms with Crippen LogP contribution >= 0.6 is 0 Å². The molecular formula is C15H18N4O3. The summed E-state index contributed by atoms with van der Waals surface area (Å²) in [6, 6.07) is 7.55. The molecule has 7 heteroatoms. The van der Waals surface area contributed by atoms with Crippen molar-refractivity contribution in [2.75, 3.05) is 5.32 Å². The third-order valence-corrected chi connectivity index (χ3v) is 3.49. The van der Waals surface area contributed by atoms with Crippen molar-refractivity contribution in [3.05, 3.63) is 51.3 Å². The Morgan fingerprint density at radius 2 is 2.05 bits per heavy atom. The van der Waals surface area contributed by atoms with Crippen molar-refractivity contribution in [2.24, 2.45) is 0 Å². The zero-order chi connectivity index (χ0) is 16.3. The van der Waals surface area contributed by atoms with E-state index in [0.717, 1.165) is 17.7 Å². The van der Waals surface area contributed by atoms with E-state index in [1.54, 1.807) is 13.8 Å². The molecule has 0 aliphatic carbocycles. The van der Waals surface area contributed by atoms with E-state index in [1.807, 2.05) is 31.2 Å². The Morgan fingerprint density at radius 1 is 1.36 bits per heavy atom. The lowest BCUT2D eigenvalue weighted by molar-refractivity contribution is -0.386. The van der Waals surface area contributed by atoms with E-state index in [4.69, 9.17) is 0 Å². The second-order valence-electron chi connectivity index (χ2n) is 4.99. The number of rotatable bonds is 5. The molecule has 22 heavy (non-hydrogen) atoms. The molecule has 0 bridgehead atoms. The van der Waals surface area contributed by atoms with Crippen molar-refractivity contribution >= 4 is 17.3 Å². The topological polar surface area (TPSA) is 90.1 Å². The summed E-state index contributed by atoms with van der Waals surface area (Å²) < 4.78 is 1.36. The highest BCUT2D eigenvalue weighted by Gasteiger charge is 2.22. The molecule has 1 N–H and O–H groups in total. The van der Waals surface area contributed by atoms with Crippen LogP contribution in [0.15, 0.2) is 24.3 Å². The van der Waals surface area contributed by atoms with Crippen molar-refractivity contribution in [3.63, 3.8) is 0 Å². The van der Waals surface area contributed by atoms with Gasteiger partial charge in [-0.3, -0.25) is 19.6 Å². The molecule has 2 rings (SSSR count). The van der Waals surface area contributed by atoms with Crippen molar-refractivity contribution < 1.29 is 9.72 Å². The SMILES string of the molecule is CCc1ccccc1NC(=O)Cn1nc(C)c([N+](=O)[O-])c1C. The summed E-state index contributed by atoms with van der Waals surface area (Å²) in [6.07, 6.45) is 0.807. The Kier molecular flexibility index (Phi) is 4.55. The van der Waals surface area contributed by atoms with E-state index in [1.165, 1.54) is 4.68 Å². The van der Waals surface area contributed by atoms with Crippen molar-refractivity contribution in [3.8, 4) is 0 Å². The largest absolute Gasteiger partial charge is 0.324 e. The predicted molar refractivity (Wildman–Crippen MR) is 82.8 cm³/mol. The molecule has 0 unspecified atom stereocenters. The molecule has 1 aromatic heterocycles. The van der Waals surface area contributed by atoms with Gasteiger partial charge in [0.25, 0.3) is 0 Å². The molecule has 116 valence electrons. The van der Waals surface area contributed by atoms with Gasteiger partial charge in [0.1, 0.15) is 17.9 Å². The molecule has 0 atom stereocenters. The van der Waals surface area contributed by atoms with Crippen LogP contribution < -0.4 is 5.32 Å². The minimum absolute atomic E-state index is 0.0400. The molecule has 1 aromatic carbocycles. The van der Waals surface area contributed by atoms with Gasteiger partial charge in [0.2, 0.25) is 5.91 Å². The van der Waals surface area contributed by atoms with Gasteiger partial charge in [-0.05, 0) is 31.9 Å². The summed E-state index contributed by atoms with van der Waals surface area (Å²) in [5, 5.41) is 17.9. The molecule has 0 aliphatic rings. The van der Waals surface area contributed by atoms with Crippen LogP contribution in [-0.2, 0) is 17.8 Å².